The molecule has 1 fully saturated rings. The highest BCUT2D eigenvalue weighted by molar-refractivity contribution is 6.28. The van der Waals surface area contributed by atoms with Crippen molar-refractivity contribution in [1.82, 2.24) is 9.97 Å². The van der Waals surface area contributed by atoms with Gasteiger partial charge in [0.25, 0.3) is 0 Å². The fraction of sp³-hybridized carbons (Fsp3) is 0.545. The predicted molar refractivity (Wildman–Crippen MR) is 116 cm³/mol. The normalized spacial score (nSPS) is 14.3. The number of ether oxygens (including phenoxy) is 2. The number of para-hydroxylation sites is 1. The summed E-state index contributed by atoms with van der Waals surface area (Å²) in [7, 11) is 0. The first kappa shape index (κ1) is 22.4. The molecule has 1 aliphatic heterocycles. The van der Waals surface area contributed by atoms with Crippen LogP contribution in [0.5, 0.6) is 5.75 Å². The zero-order valence-electron chi connectivity index (χ0n) is 17.7. The maximum Gasteiger partial charge on any atom is 0.224 e. The highest BCUT2D eigenvalue weighted by Gasteiger charge is 2.26. The Morgan fingerprint density at radius 3 is 2.25 bits per heavy atom. The zero-order chi connectivity index (χ0) is 20.6. The molecule has 1 saturated heterocycles. The number of aromatic nitrogens is 2. The van der Waals surface area contributed by atoms with Crippen LogP contribution in [0.25, 0.3) is 0 Å². The van der Waals surface area contributed by atoms with Gasteiger partial charge >= 0.3 is 0 Å². The third-order valence-electron chi connectivity index (χ3n) is 4.39. The van der Waals surface area contributed by atoms with E-state index in [0.29, 0.717) is 5.28 Å². The standard InChI is InChI=1S/C14H22ClN3O.C8H10O/c1-5-10-11(14(2,3)4)16-13(15)17-12(10)18-6-8-19-9-7-18;1-2-9-8-6-4-3-5-7-8/h5-9H2,1-4H3;3-7H,2H2,1H3. The van der Waals surface area contributed by atoms with E-state index in [-0.39, 0.29) is 5.41 Å². The van der Waals surface area contributed by atoms with Crippen LogP contribution in [0.15, 0.2) is 30.3 Å². The van der Waals surface area contributed by atoms with Crippen LogP contribution in [-0.2, 0) is 16.6 Å². The van der Waals surface area contributed by atoms with Gasteiger partial charge in [0.05, 0.1) is 25.5 Å². The second-order valence-electron chi connectivity index (χ2n) is 7.59. The van der Waals surface area contributed by atoms with Crippen LogP contribution >= 0.6 is 11.6 Å². The van der Waals surface area contributed by atoms with Crippen molar-refractivity contribution in [2.75, 3.05) is 37.8 Å². The summed E-state index contributed by atoms with van der Waals surface area (Å²) in [6.45, 7) is 14.6. The largest absolute Gasteiger partial charge is 0.494 e. The van der Waals surface area contributed by atoms with Gasteiger partial charge in [-0.15, -0.1) is 0 Å². The predicted octanol–water partition coefficient (Wildman–Crippen LogP) is 4.91. The van der Waals surface area contributed by atoms with Crippen molar-refractivity contribution in [2.45, 2.75) is 46.5 Å². The zero-order valence-corrected chi connectivity index (χ0v) is 18.4. The first-order chi connectivity index (χ1) is 13.4. The van der Waals surface area contributed by atoms with Crippen LogP contribution in [0.3, 0.4) is 0 Å². The Kier molecular flexibility index (Phi) is 8.52. The maximum absolute atomic E-state index is 6.12. The summed E-state index contributed by atoms with van der Waals surface area (Å²) in [4.78, 5) is 11.2. The molecule has 6 heteroatoms. The molecule has 1 aromatic carbocycles. The molecular weight excluding hydrogens is 374 g/mol. The van der Waals surface area contributed by atoms with Crippen LogP contribution in [0.1, 0.15) is 45.9 Å². The fourth-order valence-corrected chi connectivity index (χ4v) is 3.28. The Balaban J connectivity index is 0.000000261. The number of hydrogen-bond donors (Lipinski definition) is 0. The van der Waals surface area contributed by atoms with Gasteiger partial charge in [-0.1, -0.05) is 45.9 Å². The molecule has 1 aliphatic rings. The van der Waals surface area contributed by atoms with Gasteiger partial charge in [0.2, 0.25) is 5.28 Å². The SMILES string of the molecule is CCOc1ccccc1.CCc1c(N2CCOCC2)nc(Cl)nc1C(C)(C)C. The summed E-state index contributed by atoms with van der Waals surface area (Å²) in [5.41, 5.74) is 2.23. The summed E-state index contributed by atoms with van der Waals surface area (Å²) in [6.07, 6.45) is 0.913. The monoisotopic (exact) mass is 405 g/mol. The average Bonchev–Trinajstić information content (AvgIpc) is 2.69. The molecule has 0 unspecified atom stereocenters. The van der Waals surface area contributed by atoms with Crippen molar-refractivity contribution in [3.8, 4) is 5.75 Å². The van der Waals surface area contributed by atoms with Gasteiger partial charge in [-0.25, -0.2) is 9.97 Å². The van der Waals surface area contributed by atoms with E-state index in [0.717, 1.165) is 56.6 Å². The van der Waals surface area contributed by atoms with E-state index < -0.39 is 0 Å². The van der Waals surface area contributed by atoms with Crippen molar-refractivity contribution in [3.05, 3.63) is 46.9 Å². The number of halogens is 1. The first-order valence-electron chi connectivity index (χ1n) is 9.94. The Morgan fingerprint density at radius 1 is 1.07 bits per heavy atom. The van der Waals surface area contributed by atoms with E-state index in [1.54, 1.807) is 0 Å². The van der Waals surface area contributed by atoms with Crippen LogP contribution in [0.4, 0.5) is 5.82 Å². The minimum atomic E-state index is -0.0288. The second kappa shape index (κ2) is 10.6. The molecule has 2 heterocycles. The minimum absolute atomic E-state index is 0.0288. The molecule has 0 saturated carbocycles. The summed E-state index contributed by atoms with van der Waals surface area (Å²) in [5.74, 6) is 1.93. The Morgan fingerprint density at radius 2 is 1.71 bits per heavy atom. The van der Waals surface area contributed by atoms with Gasteiger partial charge in [0.1, 0.15) is 11.6 Å². The number of nitrogens with zero attached hydrogens (tertiary/aromatic N) is 3. The molecule has 0 radical (unpaired) electrons. The van der Waals surface area contributed by atoms with Gasteiger partial charge < -0.3 is 14.4 Å². The van der Waals surface area contributed by atoms with Gasteiger partial charge in [-0.3, -0.25) is 0 Å². The molecule has 0 spiro atoms. The quantitative estimate of drug-likeness (QED) is 0.676. The molecule has 3 rings (SSSR count). The van der Waals surface area contributed by atoms with E-state index >= 15 is 0 Å². The van der Waals surface area contributed by atoms with E-state index in [2.05, 4.69) is 42.6 Å². The van der Waals surface area contributed by atoms with Crippen molar-refractivity contribution in [3.63, 3.8) is 0 Å². The molecule has 0 bridgehead atoms. The molecular formula is C22H32ClN3O2. The third kappa shape index (κ3) is 6.35. The molecule has 5 nitrogen and oxygen atoms in total. The smallest absolute Gasteiger partial charge is 0.224 e. The van der Waals surface area contributed by atoms with Crippen LogP contribution in [0.2, 0.25) is 5.28 Å². The van der Waals surface area contributed by atoms with Gasteiger partial charge in [0.15, 0.2) is 0 Å². The molecule has 0 aliphatic carbocycles. The van der Waals surface area contributed by atoms with E-state index in [1.807, 2.05) is 37.3 Å². The molecule has 0 amide bonds. The third-order valence-corrected chi connectivity index (χ3v) is 4.56. The summed E-state index contributed by atoms with van der Waals surface area (Å²) >= 11 is 6.12. The van der Waals surface area contributed by atoms with Crippen molar-refractivity contribution >= 4 is 17.4 Å². The average molecular weight is 406 g/mol. The Hall–Kier alpha value is -1.85. The van der Waals surface area contributed by atoms with Crippen LogP contribution in [0, 0.1) is 0 Å². The molecule has 28 heavy (non-hydrogen) atoms. The summed E-state index contributed by atoms with van der Waals surface area (Å²) in [5, 5.41) is 0.337. The lowest BCUT2D eigenvalue weighted by Crippen LogP contribution is -2.38. The lowest BCUT2D eigenvalue weighted by molar-refractivity contribution is 0.122. The van der Waals surface area contributed by atoms with Gasteiger partial charge in [0, 0.05) is 24.1 Å². The lowest BCUT2D eigenvalue weighted by atomic mass is 9.87. The van der Waals surface area contributed by atoms with Crippen molar-refractivity contribution in [1.29, 1.82) is 0 Å². The second-order valence-corrected chi connectivity index (χ2v) is 7.93. The maximum atomic E-state index is 6.12. The summed E-state index contributed by atoms with van der Waals surface area (Å²) < 4.78 is 10.6. The molecule has 1 aromatic heterocycles. The molecule has 0 N–H and O–H groups in total. The van der Waals surface area contributed by atoms with Crippen LogP contribution < -0.4 is 9.64 Å². The molecule has 0 atom stereocenters. The van der Waals surface area contributed by atoms with Gasteiger partial charge in [-0.05, 0) is 37.1 Å². The number of hydrogen-bond acceptors (Lipinski definition) is 5. The minimum Gasteiger partial charge on any atom is -0.494 e. The Bertz CT molecular complexity index is 727. The lowest BCUT2D eigenvalue weighted by Gasteiger charge is -2.31. The van der Waals surface area contributed by atoms with E-state index in [1.165, 1.54) is 5.56 Å². The van der Waals surface area contributed by atoms with Gasteiger partial charge in [-0.2, -0.15) is 0 Å². The fourth-order valence-electron chi connectivity index (χ4n) is 3.11. The van der Waals surface area contributed by atoms with Crippen LogP contribution in [-0.4, -0.2) is 42.9 Å². The van der Waals surface area contributed by atoms with E-state index in [4.69, 9.17) is 21.1 Å². The number of benzene rings is 1. The number of rotatable bonds is 4. The molecule has 2 aromatic rings. The van der Waals surface area contributed by atoms with E-state index in [9.17, 15) is 0 Å². The number of morpholine rings is 1. The van der Waals surface area contributed by atoms with Crippen molar-refractivity contribution in [2.24, 2.45) is 0 Å². The van der Waals surface area contributed by atoms with Crippen molar-refractivity contribution < 1.29 is 9.47 Å². The topological polar surface area (TPSA) is 47.5 Å². The summed E-state index contributed by atoms with van der Waals surface area (Å²) in [6, 6.07) is 9.80. The number of anilines is 1. The first-order valence-corrected chi connectivity index (χ1v) is 10.3. The molecule has 154 valence electrons. The Labute approximate surface area is 174 Å². The highest BCUT2D eigenvalue weighted by Crippen LogP contribution is 2.31. The highest BCUT2D eigenvalue weighted by atomic mass is 35.5.